The van der Waals surface area contributed by atoms with E-state index in [0.717, 1.165) is 47.2 Å². The molecule has 34 heavy (non-hydrogen) atoms. The summed E-state index contributed by atoms with van der Waals surface area (Å²) in [6.07, 6.45) is 10.1. The average molecular weight is 458 g/mol. The van der Waals surface area contributed by atoms with Crippen molar-refractivity contribution in [1.82, 2.24) is 34.7 Å². The van der Waals surface area contributed by atoms with E-state index in [-0.39, 0.29) is 5.69 Å². The van der Waals surface area contributed by atoms with Gasteiger partial charge in [0.1, 0.15) is 0 Å². The first kappa shape index (κ1) is 22.3. The molecule has 0 amide bonds. The summed E-state index contributed by atoms with van der Waals surface area (Å²) < 4.78 is 3.96. The van der Waals surface area contributed by atoms with E-state index in [9.17, 15) is 4.79 Å². The number of aryl methyl sites for hydroxylation is 1. The third-order valence-corrected chi connectivity index (χ3v) is 7.15. The summed E-state index contributed by atoms with van der Waals surface area (Å²) in [6, 6.07) is 10.4. The molecular weight excluding hydrogens is 426 g/mol. The highest BCUT2D eigenvalue weighted by Crippen LogP contribution is 2.43. The maximum atomic E-state index is 13.6. The van der Waals surface area contributed by atoms with Gasteiger partial charge in [0, 0.05) is 35.9 Å². The first-order chi connectivity index (χ1) is 16.6. The molecule has 1 N–H and O–H groups in total. The summed E-state index contributed by atoms with van der Waals surface area (Å²) in [4.78, 5) is 18.0. The first-order valence-electron chi connectivity index (χ1n) is 12.1. The van der Waals surface area contributed by atoms with E-state index >= 15 is 0 Å². The zero-order valence-electron chi connectivity index (χ0n) is 20.0. The molecule has 0 radical (unpaired) electrons. The standard InChI is InChI=1S/C26H31N7O/c1-4-5-6-22-16-33(24-17(2)13-18(24)3)26(34)32(22)15-21-14-27-12-11-23(21)19-7-9-20(10-8-19)25-28-30-31-29-25/h7-12,14,16-18,24H,4-6,13,15H2,1-3H3,(H,28,29,30,31). The number of H-pyrrole nitrogens is 1. The Kier molecular flexibility index (Phi) is 6.13. The third-order valence-electron chi connectivity index (χ3n) is 7.15. The number of hydrogen-bond acceptors (Lipinski definition) is 5. The molecule has 5 rings (SSSR count). The molecule has 0 saturated heterocycles. The van der Waals surface area contributed by atoms with Gasteiger partial charge in [0.2, 0.25) is 0 Å². The van der Waals surface area contributed by atoms with Crippen LogP contribution in [0.25, 0.3) is 22.5 Å². The second kappa shape index (κ2) is 9.37. The van der Waals surface area contributed by atoms with Crippen molar-refractivity contribution in [3.8, 4) is 22.5 Å². The molecule has 0 bridgehead atoms. The van der Waals surface area contributed by atoms with Crippen LogP contribution in [0, 0.1) is 11.8 Å². The highest BCUT2D eigenvalue weighted by Gasteiger charge is 2.37. The van der Waals surface area contributed by atoms with Gasteiger partial charge in [0.05, 0.1) is 6.54 Å². The van der Waals surface area contributed by atoms with Crippen LogP contribution in [0.1, 0.15) is 57.3 Å². The predicted molar refractivity (Wildman–Crippen MR) is 131 cm³/mol. The van der Waals surface area contributed by atoms with Crippen LogP contribution in [-0.4, -0.2) is 34.7 Å². The Hall–Kier alpha value is -3.55. The number of nitrogens with zero attached hydrogens (tertiary/aromatic N) is 6. The van der Waals surface area contributed by atoms with Crippen LogP contribution >= 0.6 is 0 Å². The van der Waals surface area contributed by atoms with E-state index in [1.807, 2.05) is 33.5 Å². The number of aromatic amines is 1. The fourth-order valence-corrected chi connectivity index (χ4v) is 5.36. The minimum Gasteiger partial charge on any atom is -0.295 e. The Labute approximate surface area is 199 Å². The number of tetrazole rings is 1. The molecule has 3 aromatic heterocycles. The fourth-order valence-electron chi connectivity index (χ4n) is 5.36. The SMILES string of the molecule is CCCCc1cn(C2C(C)CC2C)c(=O)n1Cc1cnccc1-c1ccc(-c2nnn[nH]2)cc1. The number of aromatic nitrogens is 7. The van der Waals surface area contributed by atoms with Crippen molar-refractivity contribution in [2.45, 2.75) is 59.0 Å². The summed E-state index contributed by atoms with van der Waals surface area (Å²) in [6.45, 7) is 7.19. The second-order valence-corrected chi connectivity index (χ2v) is 9.54. The Balaban J connectivity index is 1.49. The molecule has 0 spiro atoms. The molecular formula is C26H31N7O. The van der Waals surface area contributed by atoms with E-state index < -0.39 is 0 Å². The van der Waals surface area contributed by atoms with Gasteiger partial charge in [0.25, 0.3) is 0 Å². The van der Waals surface area contributed by atoms with Crippen LogP contribution in [0.2, 0.25) is 0 Å². The molecule has 4 aromatic rings. The molecule has 8 heteroatoms. The van der Waals surface area contributed by atoms with Crippen LogP contribution in [0.15, 0.2) is 53.7 Å². The smallest absolute Gasteiger partial charge is 0.295 e. The minimum atomic E-state index is 0.0949. The van der Waals surface area contributed by atoms with Gasteiger partial charge >= 0.3 is 5.69 Å². The van der Waals surface area contributed by atoms with Crippen molar-refractivity contribution >= 4 is 0 Å². The number of pyridine rings is 1. The van der Waals surface area contributed by atoms with Gasteiger partial charge in [-0.2, -0.15) is 0 Å². The minimum absolute atomic E-state index is 0.0949. The number of imidazole rings is 1. The van der Waals surface area contributed by atoms with E-state index in [4.69, 9.17) is 0 Å². The second-order valence-electron chi connectivity index (χ2n) is 9.54. The molecule has 3 heterocycles. The summed E-state index contributed by atoms with van der Waals surface area (Å²) in [5, 5.41) is 14.1. The Morgan fingerprint density at radius 2 is 1.85 bits per heavy atom. The number of hydrogen-bond donors (Lipinski definition) is 1. The molecule has 1 aromatic carbocycles. The lowest BCUT2D eigenvalue weighted by molar-refractivity contribution is 0.107. The van der Waals surface area contributed by atoms with E-state index in [2.05, 4.69) is 64.7 Å². The highest BCUT2D eigenvalue weighted by molar-refractivity contribution is 5.69. The molecule has 8 nitrogen and oxygen atoms in total. The maximum absolute atomic E-state index is 13.6. The zero-order valence-corrected chi connectivity index (χ0v) is 20.0. The normalized spacial score (nSPS) is 19.8. The number of unbranched alkanes of at least 4 members (excludes halogenated alkanes) is 1. The van der Waals surface area contributed by atoms with Crippen LogP contribution in [0.3, 0.4) is 0 Å². The van der Waals surface area contributed by atoms with Gasteiger partial charge in [-0.1, -0.05) is 51.5 Å². The van der Waals surface area contributed by atoms with Crippen molar-refractivity contribution < 1.29 is 0 Å². The van der Waals surface area contributed by atoms with Crippen LogP contribution in [0.4, 0.5) is 0 Å². The molecule has 1 aliphatic carbocycles. The van der Waals surface area contributed by atoms with Crippen LogP contribution in [-0.2, 0) is 13.0 Å². The number of rotatable bonds is 8. The zero-order chi connectivity index (χ0) is 23.7. The molecule has 1 aliphatic rings. The summed E-state index contributed by atoms with van der Waals surface area (Å²) in [5.74, 6) is 1.71. The maximum Gasteiger partial charge on any atom is 0.328 e. The molecule has 1 fully saturated rings. The summed E-state index contributed by atoms with van der Waals surface area (Å²) in [5.41, 5.74) is 5.30. The summed E-state index contributed by atoms with van der Waals surface area (Å²) in [7, 11) is 0. The number of benzene rings is 1. The molecule has 2 unspecified atom stereocenters. The molecule has 176 valence electrons. The fraction of sp³-hybridized carbons (Fsp3) is 0.423. The molecule has 2 atom stereocenters. The van der Waals surface area contributed by atoms with E-state index in [0.29, 0.717) is 30.2 Å². The highest BCUT2D eigenvalue weighted by atomic mass is 16.1. The van der Waals surface area contributed by atoms with Gasteiger partial charge in [-0.3, -0.25) is 14.1 Å². The third kappa shape index (κ3) is 4.08. The number of nitrogens with one attached hydrogen (secondary N) is 1. The Morgan fingerprint density at radius 3 is 2.53 bits per heavy atom. The Bertz CT molecular complexity index is 1300. The van der Waals surface area contributed by atoms with Crippen molar-refractivity contribution in [2.75, 3.05) is 0 Å². The first-order valence-corrected chi connectivity index (χ1v) is 12.1. The lowest BCUT2D eigenvalue weighted by Gasteiger charge is -2.41. The Morgan fingerprint density at radius 1 is 1.09 bits per heavy atom. The van der Waals surface area contributed by atoms with Crippen molar-refractivity contribution in [3.63, 3.8) is 0 Å². The van der Waals surface area contributed by atoms with E-state index in [1.165, 1.54) is 6.42 Å². The van der Waals surface area contributed by atoms with Gasteiger partial charge in [-0.25, -0.2) is 9.89 Å². The lowest BCUT2D eigenvalue weighted by atomic mass is 9.72. The van der Waals surface area contributed by atoms with Crippen molar-refractivity contribution in [2.24, 2.45) is 11.8 Å². The van der Waals surface area contributed by atoms with Crippen LogP contribution in [0.5, 0.6) is 0 Å². The molecule has 0 aliphatic heterocycles. The van der Waals surface area contributed by atoms with Gasteiger partial charge < -0.3 is 0 Å². The van der Waals surface area contributed by atoms with E-state index in [1.54, 1.807) is 6.20 Å². The largest absolute Gasteiger partial charge is 0.328 e. The van der Waals surface area contributed by atoms with Crippen LogP contribution < -0.4 is 5.69 Å². The van der Waals surface area contributed by atoms with Gasteiger partial charge in [0.15, 0.2) is 5.82 Å². The summed E-state index contributed by atoms with van der Waals surface area (Å²) >= 11 is 0. The quantitative estimate of drug-likeness (QED) is 0.420. The van der Waals surface area contributed by atoms with Gasteiger partial charge in [-0.15, -0.1) is 5.10 Å². The van der Waals surface area contributed by atoms with Crippen molar-refractivity contribution in [1.29, 1.82) is 0 Å². The van der Waals surface area contributed by atoms with Crippen molar-refractivity contribution in [3.05, 3.63) is 70.7 Å². The topological polar surface area (TPSA) is 94.3 Å². The average Bonchev–Trinajstić information content (AvgIpc) is 3.48. The predicted octanol–water partition coefficient (Wildman–Crippen LogP) is 4.50. The lowest BCUT2D eigenvalue weighted by Crippen LogP contribution is -2.40. The molecule has 1 saturated carbocycles. The van der Waals surface area contributed by atoms with Gasteiger partial charge in [-0.05, 0) is 64.3 Å². The monoisotopic (exact) mass is 457 g/mol.